The first-order chi connectivity index (χ1) is 31.3. The molecule has 9 aromatic carbocycles. The Morgan fingerprint density at radius 3 is 1.71 bits per heavy atom. The number of aryl methyl sites for hydroxylation is 1. The summed E-state index contributed by atoms with van der Waals surface area (Å²) in [5, 5.41) is 2.42. The number of anilines is 6. The minimum atomic E-state index is -0.720. The summed E-state index contributed by atoms with van der Waals surface area (Å²) < 4.78 is 46.2. The van der Waals surface area contributed by atoms with Gasteiger partial charge in [0.1, 0.15) is 0 Å². The minimum absolute atomic E-state index is 0.0979. The van der Waals surface area contributed by atoms with Crippen molar-refractivity contribution in [2.75, 3.05) is 9.80 Å². The summed E-state index contributed by atoms with van der Waals surface area (Å²) in [6.45, 7) is 0. The molecule has 1 unspecified atom stereocenters. The number of para-hydroxylation sites is 5. The van der Waals surface area contributed by atoms with E-state index in [1.54, 1.807) is 0 Å². The van der Waals surface area contributed by atoms with Crippen molar-refractivity contribution in [2.45, 2.75) is 5.41 Å². The van der Waals surface area contributed by atoms with Crippen molar-refractivity contribution in [2.24, 2.45) is 7.05 Å². The molecule has 0 amide bonds. The van der Waals surface area contributed by atoms with Gasteiger partial charge in [-0.05, 0) is 117 Å². The van der Waals surface area contributed by atoms with E-state index < -0.39 is 11.5 Å². The van der Waals surface area contributed by atoms with Crippen LogP contribution in [-0.2, 0) is 12.5 Å². The van der Waals surface area contributed by atoms with Gasteiger partial charge in [-0.2, -0.15) is 0 Å². The average molecular weight is 759 g/mol. The second-order valence-corrected chi connectivity index (χ2v) is 15.4. The molecule has 0 N–H and O–H groups in total. The Balaban J connectivity index is 1.12. The molecular formula is C56H39N3. The lowest BCUT2D eigenvalue weighted by molar-refractivity contribution is 0.793. The van der Waals surface area contributed by atoms with Gasteiger partial charge in [0.05, 0.1) is 23.5 Å². The van der Waals surface area contributed by atoms with E-state index >= 15 is 0 Å². The van der Waals surface area contributed by atoms with Crippen LogP contribution in [0.3, 0.4) is 0 Å². The Morgan fingerprint density at radius 2 is 0.966 bits per heavy atom. The lowest BCUT2D eigenvalue weighted by atomic mass is 9.70. The fourth-order valence-corrected chi connectivity index (χ4v) is 10.1. The Bertz CT molecular complexity index is 3520. The minimum Gasteiger partial charge on any atom is -0.342 e. The lowest BCUT2D eigenvalue weighted by Crippen LogP contribution is -2.26. The molecule has 3 nitrogen and oxygen atoms in total. The zero-order chi connectivity index (χ0) is 43.4. The number of hydrogen-bond acceptors (Lipinski definition) is 2. The predicted octanol–water partition coefficient (Wildman–Crippen LogP) is 14.6. The first kappa shape index (κ1) is 28.7. The highest BCUT2D eigenvalue weighted by Crippen LogP contribution is 2.64. The third kappa shape index (κ3) is 4.76. The van der Waals surface area contributed by atoms with Gasteiger partial charge < -0.3 is 14.4 Å². The number of aromatic nitrogens is 1. The van der Waals surface area contributed by atoms with Gasteiger partial charge in [-0.1, -0.05) is 146 Å². The zero-order valence-corrected chi connectivity index (χ0v) is 32.2. The Hall–Kier alpha value is -7.62. The van der Waals surface area contributed by atoms with Crippen LogP contribution < -0.4 is 9.80 Å². The third-order valence-corrected chi connectivity index (χ3v) is 12.5. The summed E-state index contributed by atoms with van der Waals surface area (Å²) in [5.74, 6) is 0. The molecule has 0 aliphatic heterocycles. The van der Waals surface area contributed by atoms with Crippen molar-refractivity contribution in [3.63, 3.8) is 0 Å². The maximum atomic E-state index is 9.12. The smallest absolute Gasteiger partial charge is 0.0733 e. The molecule has 278 valence electrons. The van der Waals surface area contributed by atoms with Crippen LogP contribution in [0.5, 0.6) is 0 Å². The molecule has 1 aromatic heterocycles. The molecule has 0 fully saturated rings. The molecule has 10 aromatic rings. The lowest BCUT2D eigenvalue weighted by Gasteiger charge is -2.32. The number of fused-ring (bicyclic) bond motifs is 13. The molecule has 1 atom stereocenters. The van der Waals surface area contributed by atoms with Gasteiger partial charge in [-0.3, -0.25) is 0 Å². The van der Waals surface area contributed by atoms with Crippen molar-refractivity contribution in [3.8, 4) is 22.3 Å². The Kier molecular flexibility index (Phi) is 6.31. The summed E-state index contributed by atoms with van der Waals surface area (Å²) in [5.41, 5.74) is 15.3. The maximum absolute atomic E-state index is 9.12. The van der Waals surface area contributed by atoms with E-state index in [0.29, 0.717) is 11.4 Å². The van der Waals surface area contributed by atoms with Crippen molar-refractivity contribution in [1.82, 2.24) is 4.57 Å². The topological polar surface area (TPSA) is 11.4 Å². The van der Waals surface area contributed by atoms with Crippen molar-refractivity contribution < 1.29 is 6.85 Å². The monoisotopic (exact) mass is 758 g/mol. The van der Waals surface area contributed by atoms with E-state index in [2.05, 4.69) is 168 Å². The van der Waals surface area contributed by atoms with E-state index in [-0.39, 0.29) is 29.9 Å². The zero-order valence-electron chi connectivity index (χ0n) is 37.2. The molecule has 0 saturated heterocycles. The highest BCUT2D eigenvalue weighted by Gasteiger charge is 2.52. The molecular weight excluding hydrogens is 715 g/mol. The second-order valence-electron chi connectivity index (χ2n) is 15.4. The van der Waals surface area contributed by atoms with Crippen LogP contribution in [0.15, 0.2) is 218 Å². The molecule has 59 heavy (non-hydrogen) atoms. The van der Waals surface area contributed by atoms with Crippen LogP contribution >= 0.6 is 0 Å². The first-order valence-corrected chi connectivity index (χ1v) is 20.0. The van der Waals surface area contributed by atoms with E-state index in [4.69, 9.17) is 6.85 Å². The van der Waals surface area contributed by atoms with Gasteiger partial charge in [0.2, 0.25) is 0 Å². The quantitative estimate of drug-likeness (QED) is 0.167. The van der Waals surface area contributed by atoms with Gasteiger partial charge in [0, 0.05) is 51.8 Å². The molecule has 0 saturated carbocycles. The number of nitrogens with zero attached hydrogens (tertiary/aromatic N) is 3. The Morgan fingerprint density at radius 1 is 0.407 bits per heavy atom. The highest BCUT2D eigenvalue weighted by atomic mass is 15.2. The molecule has 2 aliphatic rings. The van der Waals surface area contributed by atoms with Gasteiger partial charge >= 0.3 is 0 Å². The normalized spacial score (nSPS) is 15.8. The van der Waals surface area contributed by atoms with Crippen molar-refractivity contribution >= 4 is 55.9 Å². The number of rotatable bonds is 6. The van der Waals surface area contributed by atoms with Crippen LogP contribution in [0, 0.1) is 0 Å². The molecule has 0 bridgehead atoms. The summed E-state index contributed by atoms with van der Waals surface area (Å²) in [6, 6.07) is 64.2. The van der Waals surface area contributed by atoms with Crippen molar-refractivity contribution in [3.05, 3.63) is 241 Å². The van der Waals surface area contributed by atoms with Gasteiger partial charge in [0.25, 0.3) is 0 Å². The largest absolute Gasteiger partial charge is 0.342 e. The third-order valence-electron chi connectivity index (χ3n) is 12.5. The molecule has 3 heteroatoms. The standard InChI is InChI=1S/C56H39N3/c1-57-53-30-16-13-26-46(53)47-27-17-31-54(55(47)57)59(40-22-9-4-10-23-40)41-33-35-51-48(36-41)44-25-12-15-29-50(44)56(51)49-28-14-11-24-43(49)45-34-32-42(37-52(45)56)58(38-18-5-2-6-19-38)39-20-7-3-8-21-39/h2-37H,1H3/i2D,5D,6D,18D,19D. The van der Waals surface area contributed by atoms with Crippen molar-refractivity contribution in [1.29, 1.82) is 0 Å². The number of benzene rings is 9. The fourth-order valence-electron chi connectivity index (χ4n) is 10.1. The summed E-state index contributed by atoms with van der Waals surface area (Å²) >= 11 is 0. The maximum Gasteiger partial charge on any atom is 0.0733 e. The molecule has 1 heterocycles. The fraction of sp³-hybridized carbons (Fsp3) is 0.0357. The van der Waals surface area contributed by atoms with Gasteiger partial charge in [0.15, 0.2) is 0 Å². The summed E-state index contributed by atoms with van der Waals surface area (Å²) in [7, 11) is 2.15. The molecule has 1 spiro atoms. The molecule has 2 aliphatic carbocycles. The van der Waals surface area contributed by atoms with E-state index in [1.807, 2.05) is 41.3 Å². The Labute approximate surface area is 351 Å². The van der Waals surface area contributed by atoms with Crippen LogP contribution in [0.4, 0.5) is 34.1 Å². The summed E-state index contributed by atoms with van der Waals surface area (Å²) in [6.07, 6.45) is 0. The SMILES string of the molecule is [2H]c1c([2H])c([2H])c(N(c2ccccc2)c2ccc3c(c2)C2(c4ccccc4-c4cc(N(c5ccccc5)c5cccc6c7ccccc7n(C)c56)ccc42)c2ccccc2-3)c([2H])c1[2H]. The van der Waals surface area contributed by atoms with Crippen LogP contribution in [0.2, 0.25) is 0 Å². The van der Waals surface area contributed by atoms with E-state index in [9.17, 15) is 0 Å². The van der Waals surface area contributed by atoms with E-state index in [0.717, 1.165) is 56.0 Å². The first-order valence-electron chi connectivity index (χ1n) is 22.5. The average Bonchev–Trinajstić information content (AvgIpc) is 3.93. The van der Waals surface area contributed by atoms with E-state index in [1.165, 1.54) is 27.4 Å². The summed E-state index contributed by atoms with van der Waals surface area (Å²) in [4.78, 5) is 4.19. The van der Waals surface area contributed by atoms with Crippen LogP contribution in [-0.4, -0.2) is 4.57 Å². The van der Waals surface area contributed by atoms with Gasteiger partial charge in [-0.15, -0.1) is 0 Å². The number of hydrogen-bond donors (Lipinski definition) is 0. The molecule has 0 radical (unpaired) electrons. The highest BCUT2D eigenvalue weighted by molar-refractivity contribution is 6.13. The molecule has 12 rings (SSSR count). The van der Waals surface area contributed by atoms with Gasteiger partial charge in [-0.25, -0.2) is 0 Å². The second kappa shape index (κ2) is 13.0. The van der Waals surface area contributed by atoms with Crippen LogP contribution in [0.25, 0.3) is 44.1 Å². The predicted molar refractivity (Wildman–Crippen MR) is 246 cm³/mol. The van der Waals surface area contributed by atoms with Crippen LogP contribution in [0.1, 0.15) is 29.1 Å².